The normalized spacial score (nSPS) is 12.5. The van der Waals surface area contributed by atoms with E-state index in [0.29, 0.717) is 0 Å². The number of pyridine rings is 1. The van der Waals surface area contributed by atoms with Crippen molar-refractivity contribution in [1.82, 2.24) is 4.98 Å². The van der Waals surface area contributed by atoms with Crippen molar-refractivity contribution in [1.29, 1.82) is 0 Å². The number of hydrogen-bond acceptors (Lipinski definition) is 2. The zero-order valence-corrected chi connectivity index (χ0v) is 7.33. The van der Waals surface area contributed by atoms with Crippen LogP contribution in [0.2, 0.25) is 0 Å². The molecule has 0 radical (unpaired) electrons. The topological polar surface area (TPSA) is 38.9 Å². The molecule has 0 amide bonds. The maximum atomic E-state index is 5.86. The number of rotatable bonds is 3. The molecule has 0 aliphatic heterocycles. The van der Waals surface area contributed by atoms with E-state index in [4.69, 9.17) is 5.73 Å². The van der Waals surface area contributed by atoms with E-state index in [-0.39, 0.29) is 6.04 Å². The second-order valence-corrected chi connectivity index (χ2v) is 2.93. The second-order valence-electron chi connectivity index (χ2n) is 2.93. The van der Waals surface area contributed by atoms with Crippen molar-refractivity contribution in [3.63, 3.8) is 0 Å². The fraction of sp³-hybridized carbons (Fsp3) is 0.300. The Hall–Kier alpha value is -1.15. The highest BCUT2D eigenvalue weighted by Crippen LogP contribution is 2.13. The molecule has 0 unspecified atom stereocenters. The van der Waals surface area contributed by atoms with Gasteiger partial charge in [0.2, 0.25) is 0 Å². The van der Waals surface area contributed by atoms with Crippen molar-refractivity contribution in [2.75, 3.05) is 0 Å². The molecule has 1 aromatic rings. The average Bonchev–Trinajstić information content (AvgIpc) is 2.05. The van der Waals surface area contributed by atoms with Crippen molar-refractivity contribution in [2.45, 2.75) is 19.4 Å². The molecule has 0 saturated heterocycles. The Bertz CT molecular complexity index is 268. The molecule has 1 atom stereocenters. The highest BCUT2D eigenvalue weighted by Gasteiger charge is 2.03. The summed E-state index contributed by atoms with van der Waals surface area (Å²) in [6.07, 6.45) is 6.25. The number of hydrogen-bond donors (Lipinski definition) is 1. The molecule has 2 nitrogen and oxygen atoms in total. The van der Waals surface area contributed by atoms with Crippen LogP contribution in [0, 0.1) is 6.92 Å². The Balaban J connectivity index is 2.80. The minimum Gasteiger partial charge on any atom is -0.324 e. The smallest absolute Gasteiger partial charge is 0.0345 e. The van der Waals surface area contributed by atoms with Crippen LogP contribution in [0.15, 0.2) is 31.1 Å². The van der Waals surface area contributed by atoms with Crippen LogP contribution in [0.4, 0.5) is 0 Å². The summed E-state index contributed by atoms with van der Waals surface area (Å²) in [4.78, 5) is 4.07. The first-order valence-corrected chi connectivity index (χ1v) is 4.02. The summed E-state index contributed by atoms with van der Waals surface area (Å²) in [6.45, 7) is 5.66. The lowest BCUT2D eigenvalue weighted by molar-refractivity contribution is 0.736. The summed E-state index contributed by atoms with van der Waals surface area (Å²) in [6, 6.07) is 2.09. The van der Waals surface area contributed by atoms with Gasteiger partial charge in [-0.05, 0) is 24.5 Å². The summed E-state index contributed by atoms with van der Waals surface area (Å²) < 4.78 is 0. The van der Waals surface area contributed by atoms with E-state index in [1.54, 1.807) is 6.20 Å². The third-order valence-electron chi connectivity index (χ3n) is 1.74. The number of nitrogens with two attached hydrogens (primary N) is 1. The Morgan fingerprint density at radius 3 is 3.00 bits per heavy atom. The van der Waals surface area contributed by atoms with Gasteiger partial charge >= 0.3 is 0 Å². The standard InChI is InChI=1S/C10H14N2/c1-3-4-10(11)9-5-8(2)6-12-7-9/h3,5-7,10H,1,4,11H2,2H3/t10-/m0/s1. The van der Waals surface area contributed by atoms with Gasteiger partial charge in [-0.1, -0.05) is 12.1 Å². The van der Waals surface area contributed by atoms with Crippen LogP contribution in [0.1, 0.15) is 23.6 Å². The number of aryl methyl sites for hydroxylation is 1. The molecule has 2 heteroatoms. The third-order valence-corrected chi connectivity index (χ3v) is 1.74. The maximum absolute atomic E-state index is 5.86. The van der Waals surface area contributed by atoms with Gasteiger partial charge in [-0.3, -0.25) is 4.98 Å². The summed E-state index contributed by atoms with van der Waals surface area (Å²) in [5, 5.41) is 0. The van der Waals surface area contributed by atoms with Gasteiger partial charge in [0.1, 0.15) is 0 Å². The highest BCUT2D eigenvalue weighted by atomic mass is 14.7. The minimum absolute atomic E-state index is 0.0369. The SMILES string of the molecule is C=CC[C@H](N)c1cncc(C)c1. The van der Waals surface area contributed by atoms with Gasteiger partial charge in [0.25, 0.3) is 0 Å². The largest absolute Gasteiger partial charge is 0.324 e. The lowest BCUT2D eigenvalue weighted by atomic mass is 10.1. The molecule has 0 bridgehead atoms. The maximum Gasteiger partial charge on any atom is 0.0345 e. The van der Waals surface area contributed by atoms with Crippen molar-refractivity contribution >= 4 is 0 Å². The Morgan fingerprint density at radius 1 is 1.67 bits per heavy atom. The van der Waals surface area contributed by atoms with Gasteiger partial charge in [0.15, 0.2) is 0 Å². The van der Waals surface area contributed by atoms with Gasteiger partial charge in [-0.15, -0.1) is 6.58 Å². The average molecular weight is 162 g/mol. The molecule has 2 N–H and O–H groups in total. The van der Waals surface area contributed by atoms with Crippen LogP contribution < -0.4 is 5.73 Å². The summed E-state index contributed by atoms with van der Waals surface area (Å²) in [5.74, 6) is 0. The van der Waals surface area contributed by atoms with E-state index in [9.17, 15) is 0 Å². The Labute approximate surface area is 73.1 Å². The second kappa shape index (κ2) is 4.02. The summed E-state index contributed by atoms with van der Waals surface area (Å²) in [5.41, 5.74) is 8.09. The van der Waals surface area contributed by atoms with Crippen molar-refractivity contribution < 1.29 is 0 Å². The van der Waals surface area contributed by atoms with E-state index in [0.717, 1.165) is 17.5 Å². The van der Waals surface area contributed by atoms with Crippen molar-refractivity contribution in [3.05, 3.63) is 42.2 Å². The van der Waals surface area contributed by atoms with Crippen molar-refractivity contribution in [2.24, 2.45) is 5.73 Å². The molecule has 0 aromatic carbocycles. The molecule has 1 heterocycles. The van der Waals surface area contributed by atoms with Crippen LogP contribution in [0.25, 0.3) is 0 Å². The summed E-state index contributed by atoms with van der Waals surface area (Å²) >= 11 is 0. The third kappa shape index (κ3) is 2.17. The predicted molar refractivity (Wildman–Crippen MR) is 50.7 cm³/mol. The van der Waals surface area contributed by atoms with Gasteiger partial charge in [0.05, 0.1) is 0 Å². The lowest BCUT2D eigenvalue weighted by Gasteiger charge is -2.08. The molecule has 1 aromatic heterocycles. The molecule has 0 saturated carbocycles. The molecular formula is C10H14N2. The van der Waals surface area contributed by atoms with Crippen LogP contribution in [-0.4, -0.2) is 4.98 Å². The number of aromatic nitrogens is 1. The van der Waals surface area contributed by atoms with Crippen molar-refractivity contribution in [3.8, 4) is 0 Å². The number of nitrogens with zero attached hydrogens (tertiary/aromatic N) is 1. The van der Waals surface area contributed by atoms with Gasteiger partial charge in [-0.25, -0.2) is 0 Å². The van der Waals surface area contributed by atoms with E-state index in [2.05, 4.69) is 17.6 Å². The Morgan fingerprint density at radius 2 is 2.42 bits per heavy atom. The van der Waals surface area contributed by atoms with E-state index < -0.39 is 0 Å². The molecule has 0 spiro atoms. The quantitative estimate of drug-likeness (QED) is 0.690. The molecule has 0 aliphatic carbocycles. The Kier molecular flexibility index (Phi) is 3.00. The molecule has 64 valence electrons. The van der Waals surface area contributed by atoms with E-state index >= 15 is 0 Å². The zero-order valence-electron chi connectivity index (χ0n) is 7.33. The monoisotopic (exact) mass is 162 g/mol. The predicted octanol–water partition coefficient (Wildman–Crippen LogP) is 1.97. The first kappa shape index (κ1) is 8.94. The van der Waals surface area contributed by atoms with Gasteiger partial charge < -0.3 is 5.73 Å². The first-order valence-electron chi connectivity index (χ1n) is 4.02. The molecule has 12 heavy (non-hydrogen) atoms. The van der Waals surface area contributed by atoms with Crippen LogP contribution >= 0.6 is 0 Å². The molecule has 0 aliphatic rings. The fourth-order valence-electron chi connectivity index (χ4n) is 1.10. The van der Waals surface area contributed by atoms with E-state index in [1.807, 2.05) is 19.2 Å². The van der Waals surface area contributed by atoms with Crippen LogP contribution in [0.3, 0.4) is 0 Å². The first-order chi connectivity index (χ1) is 5.74. The van der Waals surface area contributed by atoms with Crippen LogP contribution in [0.5, 0.6) is 0 Å². The zero-order chi connectivity index (χ0) is 8.97. The summed E-state index contributed by atoms with van der Waals surface area (Å²) in [7, 11) is 0. The highest BCUT2D eigenvalue weighted by molar-refractivity contribution is 5.20. The molecular weight excluding hydrogens is 148 g/mol. The molecule has 0 fully saturated rings. The van der Waals surface area contributed by atoms with Gasteiger partial charge in [0, 0.05) is 18.4 Å². The lowest BCUT2D eigenvalue weighted by Crippen LogP contribution is -2.09. The van der Waals surface area contributed by atoms with Gasteiger partial charge in [-0.2, -0.15) is 0 Å². The van der Waals surface area contributed by atoms with Crippen LogP contribution in [-0.2, 0) is 0 Å². The fourth-order valence-corrected chi connectivity index (χ4v) is 1.10. The minimum atomic E-state index is 0.0369. The van der Waals surface area contributed by atoms with E-state index in [1.165, 1.54) is 0 Å². The molecule has 1 rings (SSSR count).